The highest BCUT2D eigenvalue weighted by Gasteiger charge is 2.18. The lowest BCUT2D eigenvalue weighted by atomic mass is 9.95. The lowest BCUT2D eigenvalue weighted by Crippen LogP contribution is -2.16. The maximum absolute atomic E-state index is 12.9. The van der Waals surface area contributed by atoms with Crippen LogP contribution in [0.1, 0.15) is 24.1 Å². The third-order valence-electron chi connectivity index (χ3n) is 5.95. The van der Waals surface area contributed by atoms with E-state index in [0.29, 0.717) is 10.0 Å². The van der Waals surface area contributed by atoms with Gasteiger partial charge in [-0.2, -0.15) is 0 Å². The molecule has 0 saturated heterocycles. The van der Waals surface area contributed by atoms with Gasteiger partial charge in [0.15, 0.2) is 0 Å². The molecule has 0 spiro atoms. The molecule has 2 heterocycles. The maximum Gasteiger partial charge on any atom is 0.255 e. The molecule has 1 aliphatic rings. The van der Waals surface area contributed by atoms with Crippen molar-refractivity contribution in [3.8, 4) is 16.8 Å². The van der Waals surface area contributed by atoms with E-state index in [2.05, 4.69) is 23.7 Å². The lowest BCUT2D eigenvalue weighted by Gasteiger charge is -2.12. The van der Waals surface area contributed by atoms with E-state index in [-0.39, 0.29) is 5.56 Å². The SMILES string of the molecule is Cn1c2c(c3ccc(-n4ccc(-c5ccc(Cl)cc5Cl)cc4=O)cc31)CCCC2. The second-order valence-electron chi connectivity index (χ2n) is 7.64. The van der Waals surface area contributed by atoms with E-state index < -0.39 is 0 Å². The predicted octanol–water partition coefficient (Wildman–Crippen LogP) is 6.18. The zero-order chi connectivity index (χ0) is 20.1. The Hall–Kier alpha value is -2.49. The van der Waals surface area contributed by atoms with Crippen molar-refractivity contribution in [1.29, 1.82) is 0 Å². The molecule has 29 heavy (non-hydrogen) atoms. The van der Waals surface area contributed by atoms with Crippen molar-refractivity contribution in [1.82, 2.24) is 9.13 Å². The van der Waals surface area contributed by atoms with Gasteiger partial charge in [-0.3, -0.25) is 9.36 Å². The molecule has 0 unspecified atom stereocenters. The second-order valence-corrected chi connectivity index (χ2v) is 8.48. The van der Waals surface area contributed by atoms with Crippen molar-refractivity contribution in [2.75, 3.05) is 0 Å². The molecule has 0 aliphatic heterocycles. The Balaban J connectivity index is 1.60. The topological polar surface area (TPSA) is 26.9 Å². The molecule has 5 rings (SSSR count). The summed E-state index contributed by atoms with van der Waals surface area (Å²) in [5, 5.41) is 2.42. The first-order valence-corrected chi connectivity index (χ1v) is 10.6. The van der Waals surface area contributed by atoms with Gasteiger partial charge in [0.1, 0.15) is 0 Å². The molecule has 0 bridgehead atoms. The summed E-state index contributed by atoms with van der Waals surface area (Å²) >= 11 is 12.3. The molecule has 0 N–H and O–H groups in total. The summed E-state index contributed by atoms with van der Waals surface area (Å²) in [6, 6.07) is 15.1. The Kier molecular flexibility index (Phi) is 4.53. The predicted molar refractivity (Wildman–Crippen MR) is 121 cm³/mol. The average molecular weight is 423 g/mol. The van der Waals surface area contributed by atoms with Gasteiger partial charge in [-0.25, -0.2) is 0 Å². The van der Waals surface area contributed by atoms with Crippen LogP contribution in [0.3, 0.4) is 0 Å². The molecule has 5 heteroatoms. The van der Waals surface area contributed by atoms with E-state index >= 15 is 0 Å². The van der Waals surface area contributed by atoms with Crippen LogP contribution in [0.2, 0.25) is 10.0 Å². The molecule has 4 aromatic rings. The van der Waals surface area contributed by atoms with Crippen LogP contribution in [0.15, 0.2) is 59.5 Å². The number of rotatable bonds is 2. The van der Waals surface area contributed by atoms with Crippen LogP contribution in [0.4, 0.5) is 0 Å². The highest BCUT2D eigenvalue weighted by atomic mass is 35.5. The van der Waals surface area contributed by atoms with Gasteiger partial charge >= 0.3 is 0 Å². The van der Waals surface area contributed by atoms with Crippen molar-refractivity contribution in [2.24, 2.45) is 7.05 Å². The summed E-state index contributed by atoms with van der Waals surface area (Å²) < 4.78 is 3.97. The maximum atomic E-state index is 12.9. The summed E-state index contributed by atoms with van der Waals surface area (Å²) in [5.41, 5.74) is 6.45. The average Bonchev–Trinajstić information content (AvgIpc) is 3.00. The summed E-state index contributed by atoms with van der Waals surface area (Å²) in [5.74, 6) is 0. The number of pyridine rings is 1. The monoisotopic (exact) mass is 422 g/mol. The van der Waals surface area contributed by atoms with E-state index in [4.69, 9.17) is 23.2 Å². The van der Waals surface area contributed by atoms with E-state index in [1.165, 1.54) is 35.0 Å². The van der Waals surface area contributed by atoms with Crippen LogP contribution < -0.4 is 5.56 Å². The fourth-order valence-corrected chi connectivity index (χ4v) is 5.00. The van der Waals surface area contributed by atoms with E-state index in [1.807, 2.05) is 24.4 Å². The van der Waals surface area contributed by atoms with Gasteiger partial charge in [0.05, 0.1) is 11.2 Å². The number of hydrogen-bond acceptors (Lipinski definition) is 1. The zero-order valence-electron chi connectivity index (χ0n) is 16.1. The van der Waals surface area contributed by atoms with Gasteiger partial charge in [-0.05, 0) is 67.1 Å². The molecule has 0 radical (unpaired) electrons. The van der Waals surface area contributed by atoms with Crippen LogP contribution in [0, 0.1) is 0 Å². The van der Waals surface area contributed by atoms with E-state index in [0.717, 1.165) is 29.7 Å². The van der Waals surface area contributed by atoms with Crippen LogP contribution in [-0.2, 0) is 19.9 Å². The van der Waals surface area contributed by atoms with Crippen LogP contribution in [0.25, 0.3) is 27.7 Å². The highest BCUT2D eigenvalue weighted by molar-refractivity contribution is 6.36. The normalized spacial score (nSPS) is 13.6. The van der Waals surface area contributed by atoms with Gasteiger partial charge in [0.25, 0.3) is 5.56 Å². The smallest absolute Gasteiger partial charge is 0.255 e. The number of fused-ring (bicyclic) bond motifs is 3. The van der Waals surface area contributed by atoms with Crippen molar-refractivity contribution in [3.05, 3.63) is 86.4 Å². The fourth-order valence-electron chi connectivity index (χ4n) is 4.48. The van der Waals surface area contributed by atoms with Gasteiger partial charge in [0.2, 0.25) is 0 Å². The fraction of sp³-hybridized carbons (Fsp3) is 0.208. The standard InChI is InChI=1S/C24H20Cl2N2O/c1-27-22-5-3-2-4-19(22)20-9-7-17(14-23(20)27)28-11-10-15(12-24(28)29)18-8-6-16(25)13-21(18)26/h6-14H,2-5H2,1H3. The first kappa shape index (κ1) is 18.5. The summed E-state index contributed by atoms with van der Waals surface area (Å²) in [7, 11) is 2.13. The van der Waals surface area contributed by atoms with Crippen molar-refractivity contribution >= 4 is 34.1 Å². The van der Waals surface area contributed by atoms with Gasteiger partial charge < -0.3 is 4.57 Å². The van der Waals surface area contributed by atoms with Crippen LogP contribution in [0.5, 0.6) is 0 Å². The number of aromatic nitrogens is 2. The van der Waals surface area contributed by atoms with Gasteiger partial charge in [-0.1, -0.05) is 35.3 Å². The molecule has 2 aromatic heterocycles. The first-order chi connectivity index (χ1) is 14.0. The molecule has 0 saturated carbocycles. The minimum Gasteiger partial charge on any atom is -0.347 e. The van der Waals surface area contributed by atoms with Crippen molar-refractivity contribution in [3.63, 3.8) is 0 Å². The summed E-state index contributed by atoms with van der Waals surface area (Å²) in [6.45, 7) is 0. The number of hydrogen-bond donors (Lipinski definition) is 0. The Morgan fingerprint density at radius 3 is 2.55 bits per heavy atom. The van der Waals surface area contributed by atoms with Crippen LogP contribution in [-0.4, -0.2) is 9.13 Å². The third-order valence-corrected chi connectivity index (χ3v) is 6.50. The molecular formula is C24H20Cl2N2O. The Morgan fingerprint density at radius 2 is 1.76 bits per heavy atom. The molecule has 3 nitrogen and oxygen atoms in total. The number of nitrogens with zero attached hydrogens (tertiary/aromatic N) is 2. The largest absolute Gasteiger partial charge is 0.347 e. The first-order valence-electron chi connectivity index (χ1n) is 9.81. The molecule has 1 aliphatic carbocycles. The Labute approximate surface area is 179 Å². The molecule has 0 amide bonds. The van der Waals surface area contributed by atoms with E-state index in [1.54, 1.807) is 22.8 Å². The summed E-state index contributed by atoms with van der Waals surface area (Å²) in [6.07, 6.45) is 6.59. The minimum atomic E-state index is -0.0909. The summed E-state index contributed by atoms with van der Waals surface area (Å²) in [4.78, 5) is 12.9. The number of halogens is 2. The van der Waals surface area contributed by atoms with Crippen molar-refractivity contribution in [2.45, 2.75) is 25.7 Å². The van der Waals surface area contributed by atoms with Crippen LogP contribution >= 0.6 is 23.2 Å². The number of aryl methyl sites for hydroxylation is 2. The Morgan fingerprint density at radius 1 is 0.931 bits per heavy atom. The van der Waals surface area contributed by atoms with Gasteiger partial charge in [0, 0.05) is 46.0 Å². The lowest BCUT2D eigenvalue weighted by molar-refractivity contribution is 0.653. The molecule has 2 aromatic carbocycles. The second kappa shape index (κ2) is 7.08. The quantitative estimate of drug-likeness (QED) is 0.378. The molecule has 146 valence electrons. The highest BCUT2D eigenvalue weighted by Crippen LogP contribution is 2.33. The molecular weight excluding hydrogens is 403 g/mol. The minimum absolute atomic E-state index is 0.0909. The van der Waals surface area contributed by atoms with Gasteiger partial charge in [-0.15, -0.1) is 0 Å². The third kappa shape index (κ3) is 3.09. The number of benzene rings is 2. The van der Waals surface area contributed by atoms with E-state index in [9.17, 15) is 4.79 Å². The molecule has 0 fully saturated rings. The molecule has 0 atom stereocenters. The van der Waals surface area contributed by atoms with Crippen molar-refractivity contribution < 1.29 is 0 Å². The zero-order valence-corrected chi connectivity index (χ0v) is 17.6. The Bertz CT molecular complexity index is 1320.